The van der Waals surface area contributed by atoms with Crippen molar-refractivity contribution in [3.63, 3.8) is 0 Å². The molecule has 2 rings (SSSR count). The Kier molecular flexibility index (Phi) is 9.23. The second-order valence-electron chi connectivity index (χ2n) is 5.59. The van der Waals surface area contributed by atoms with Crippen LogP contribution in [0.3, 0.4) is 0 Å². The van der Waals surface area contributed by atoms with Gasteiger partial charge >= 0.3 is 0 Å². The molecule has 18 heavy (non-hydrogen) atoms. The zero-order valence-corrected chi connectivity index (χ0v) is 11.7. The van der Waals surface area contributed by atoms with Crippen LogP contribution in [0.4, 0.5) is 0 Å². The third-order valence-electron chi connectivity index (χ3n) is 3.85. The normalized spacial score (nSPS) is 31.9. The van der Waals surface area contributed by atoms with Gasteiger partial charge in [0.2, 0.25) is 0 Å². The Morgan fingerprint density at radius 2 is 0.944 bits per heavy atom. The van der Waals surface area contributed by atoms with E-state index >= 15 is 0 Å². The van der Waals surface area contributed by atoms with E-state index in [-0.39, 0.29) is 0 Å². The highest BCUT2D eigenvalue weighted by Crippen LogP contribution is 2.17. The summed E-state index contributed by atoms with van der Waals surface area (Å²) in [6, 6.07) is 0. The first-order valence-corrected chi connectivity index (χ1v) is 7.82. The molecule has 0 spiro atoms. The maximum Gasteiger partial charge on any atom is 0.0799 e. The summed E-state index contributed by atoms with van der Waals surface area (Å²) < 4.78 is 0. The van der Waals surface area contributed by atoms with Crippen LogP contribution < -0.4 is 0 Å². The van der Waals surface area contributed by atoms with Gasteiger partial charge in [-0.05, 0) is 38.5 Å². The lowest BCUT2D eigenvalue weighted by Gasteiger charge is -2.19. The molecule has 0 aromatic rings. The van der Waals surface area contributed by atoms with Crippen LogP contribution in [0.2, 0.25) is 0 Å². The number of hydrogen-bond acceptors (Lipinski definition) is 2. The van der Waals surface area contributed by atoms with Gasteiger partial charge in [-0.2, -0.15) is 0 Å². The molecule has 0 saturated heterocycles. The van der Waals surface area contributed by atoms with Gasteiger partial charge in [0.15, 0.2) is 0 Å². The molecule has 2 heteroatoms. The Balaban J connectivity index is 0.000000184. The highest BCUT2D eigenvalue weighted by atomic mass is 16.3. The van der Waals surface area contributed by atoms with E-state index in [0.717, 1.165) is 25.7 Å². The monoisotopic (exact) mass is 254 g/mol. The van der Waals surface area contributed by atoms with Crippen LogP contribution in [0.25, 0.3) is 0 Å². The Bertz CT molecular complexity index is 191. The summed E-state index contributed by atoms with van der Waals surface area (Å²) in [5.41, 5.74) is 0. The molecule has 0 bridgehead atoms. The van der Waals surface area contributed by atoms with Crippen LogP contribution >= 0.6 is 0 Å². The Hall–Kier alpha value is -0.340. The third-order valence-corrected chi connectivity index (χ3v) is 3.85. The summed E-state index contributed by atoms with van der Waals surface area (Å²) in [6.07, 6.45) is 18.2. The molecule has 0 aromatic carbocycles. The molecule has 106 valence electrons. The molecule has 1 fully saturated rings. The second-order valence-corrected chi connectivity index (χ2v) is 5.59. The molecule has 0 aromatic heterocycles. The predicted molar refractivity (Wildman–Crippen MR) is 76.6 cm³/mol. The van der Waals surface area contributed by atoms with Gasteiger partial charge in [-0.25, -0.2) is 0 Å². The minimum atomic E-state index is -0.458. The van der Waals surface area contributed by atoms with Crippen molar-refractivity contribution >= 4 is 0 Å². The number of aliphatic hydroxyl groups is 2. The first kappa shape index (κ1) is 15.7. The SMILES string of the molecule is C1=C\CCCCCC/1.OC1CCCCCCC1O. The zero-order valence-electron chi connectivity index (χ0n) is 11.7. The van der Waals surface area contributed by atoms with Gasteiger partial charge in [-0.3, -0.25) is 0 Å². The Morgan fingerprint density at radius 3 is 1.39 bits per heavy atom. The molecule has 1 saturated carbocycles. The summed E-state index contributed by atoms with van der Waals surface area (Å²) in [5, 5.41) is 18.5. The minimum absolute atomic E-state index is 0.458. The minimum Gasteiger partial charge on any atom is -0.390 e. The van der Waals surface area contributed by atoms with Crippen molar-refractivity contribution in [2.45, 2.75) is 89.3 Å². The molecule has 0 heterocycles. The van der Waals surface area contributed by atoms with Gasteiger partial charge in [0.25, 0.3) is 0 Å². The van der Waals surface area contributed by atoms with Crippen LogP contribution in [0.5, 0.6) is 0 Å². The lowest BCUT2D eigenvalue weighted by atomic mass is 9.96. The Morgan fingerprint density at radius 1 is 0.556 bits per heavy atom. The van der Waals surface area contributed by atoms with E-state index in [9.17, 15) is 10.2 Å². The molecule has 0 aliphatic heterocycles. The molecule has 2 atom stereocenters. The summed E-state index contributed by atoms with van der Waals surface area (Å²) in [7, 11) is 0. The average molecular weight is 254 g/mol. The molecule has 0 amide bonds. The Labute approximate surface area is 112 Å². The molecule has 2 N–H and O–H groups in total. The van der Waals surface area contributed by atoms with Gasteiger partial charge in [0.05, 0.1) is 12.2 Å². The molecule has 2 aliphatic carbocycles. The third kappa shape index (κ3) is 7.88. The van der Waals surface area contributed by atoms with E-state index < -0.39 is 12.2 Å². The first-order valence-electron chi connectivity index (χ1n) is 7.82. The van der Waals surface area contributed by atoms with Crippen molar-refractivity contribution in [2.75, 3.05) is 0 Å². The van der Waals surface area contributed by atoms with Crippen molar-refractivity contribution in [1.29, 1.82) is 0 Å². The number of allylic oxidation sites excluding steroid dienone is 2. The van der Waals surface area contributed by atoms with Crippen molar-refractivity contribution in [1.82, 2.24) is 0 Å². The summed E-state index contributed by atoms with van der Waals surface area (Å²) in [5.74, 6) is 0. The van der Waals surface area contributed by atoms with Gasteiger partial charge in [-0.15, -0.1) is 0 Å². The average Bonchev–Trinajstić information content (AvgIpc) is 2.31. The number of hydrogen-bond donors (Lipinski definition) is 2. The van der Waals surface area contributed by atoms with Gasteiger partial charge in [0.1, 0.15) is 0 Å². The van der Waals surface area contributed by atoms with Gasteiger partial charge in [-0.1, -0.05) is 50.7 Å². The van der Waals surface area contributed by atoms with E-state index in [4.69, 9.17) is 0 Å². The van der Waals surface area contributed by atoms with Crippen molar-refractivity contribution < 1.29 is 10.2 Å². The van der Waals surface area contributed by atoms with Crippen LogP contribution in [0, 0.1) is 0 Å². The van der Waals surface area contributed by atoms with Crippen LogP contribution in [-0.4, -0.2) is 22.4 Å². The van der Waals surface area contributed by atoms with Crippen molar-refractivity contribution in [3.05, 3.63) is 12.2 Å². The summed E-state index contributed by atoms with van der Waals surface area (Å²) in [6.45, 7) is 0. The molecular formula is C16H30O2. The second kappa shape index (κ2) is 10.6. The molecular weight excluding hydrogens is 224 g/mol. The number of aliphatic hydroxyl groups excluding tert-OH is 2. The zero-order chi connectivity index (χ0) is 13.1. The fourth-order valence-corrected chi connectivity index (χ4v) is 2.56. The van der Waals surface area contributed by atoms with Crippen LogP contribution in [0.15, 0.2) is 12.2 Å². The lowest BCUT2D eigenvalue weighted by molar-refractivity contribution is 0.00303. The predicted octanol–water partition coefficient (Wildman–Crippen LogP) is 3.96. The fraction of sp³-hybridized carbons (Fsp3) is 0.875. The van der Waals surface area contributed by atoms with Gasteiger partial charge in [0, 0.05) is 0 Å². The molecule has 2 nitrogen and oxygen atoms in total. The topological polar surface area (TPSA) is 40.5 Å². The highest BCUT2D eigenvalue weighted by Gasteiger charge is 2.16. The first-order chi connectivity index (χ1) is 8.80. The molecule has 2 unspecified atom stereocenters. The van der Waals surface area contributed by atoms with Gasteiger partial charge < -0.3 is 10.2 Å². The smallest absolute Gasteiger partial charge is 0.0799 e. The standard InChI is InChI=1S/C8H16O2.C8H14/c9-7-5-3-1-2-4-6-8(7)10;1-2-4-6-8-7-5-3-1/h7-10H,1-6H2;1-2H,3-8H2/b;2-1-. The molecule has 2 aliphatic rings. The summed E-state index contributed by atoms with van der Waals surface area (Å²) >= 11 is 0. The van der Waals surface area contributed by atoms with E-state index in [2.05, 4.69) is 12.2 Å². The van der Waals surface area contributed by atoms with E-state index in [1.807, 2.05) is 0 Å². The summed E-state index contributed by atoms with van der Waals surface area (Å²) in [4.78, 5) is 0. The van der Waals surface area contributed by atoms with Crippen molar-refractivity contribution in [3.8, 4) is 0 Å². The van der Waals surface area contributed by atoms with E-state index in [0.29, 0.717) is 0 Å². The lowest BCUT2D eigenvalue weighted by Crippen LogP contribution is -2.26. The number of rotatable bonds is 0. The highest BCUT2D eigenvalue weighted by molar-refractivity contribution is 4.82. The largest absolute Gasteiger partial charge is 0.390 e. The van der Waals surface area contributed by atoms with E-state index in [1.54, 1.807) is 0 Å². The van der Waals surface area contributed by atoms with Crippen molar-refractivity contribution in [2.24, 2.45) is 0 Å². The molecule has 0 radical (unpaired) electrons. The maximum absolute atomic E-state index is 9.23. The van der Waals surface area contributed by atoms with E-state index in [1.165, 1.54) is 51.4 Å². The van der Waals surface area contributed by atoms with Crippen LogP contribution in [-0.2, 0) is 0 Å². The quantitative estimate of drug-likeness (QED) is 0.642. The van der Waals surface area contributed by atoms with Crippen LogP contribution in [0.1, 0.15) is 77.0 Å². The maximum atomic E-state index is 9.23. The fourth-order valence-electron chi connectivity index (χ4n) is 2.56.